The third kappa shape index (κ3) is 2.90. The third-order valence-corrected chi connectivity index (χ3v) is 7.48. The van der Waals surface area contributed by atoms with Crippen molar-refractivity contribution in [1.29, 1.82) is 0 Å². The van der Waals surface area contributed by atoms with Gasteiger partial charge in [-0.3, -0.25) is 4.90 Å². The van der Waals surface area contributed by atoms with Gasteiger partial charge in [-0.15, -0.1) is 0 Å². The molecule has 0 spiro atoms. The third-order valence-electron chi connectivity index (χ3n) is 5.37. The summed E-state index contributed by atoms with van der Waals surface area (Å²) in [7, 11) is -3.54. The first-order chi connectivity index (χ1) is 12.0. The Labute approximate surface area is 148 Å². The van der Waals surface area contributed by atoms with Crippen molar-refractivity contribution in [2.24, 2.45) is 0 Å². The average Bonchev–Trinajstić information content (AvgIpc) is 3.22. The predicted molar refractivity (Wildman–Crippen MR) is 93.7 cm³/mol. The van der Waals surface area contributed by atoms with Crippen molar-refractivity contribution in [3.8, 4) is 0 Å². The van der Waals surface area contributed by atoms with Crippen molar-refractivity contribution in [3.63, 3.8) is 0 Å². The molecule has 1 fully saturated rings. The second-order valence-corrected chi connectivity index (χ2v) is 8.82. The van der Waals surface area contributed by atoms with Crippen LogP contribution >= 0.6 is 0 Å². The number of nitrogens with zero attached hydrogens (tertiary/aromatic N) is 3. The Hall–Kier alpha value is -1.70. The Morgan fingerprint density at radius 3 is 2.64 bits per heavy atom. The molecule has 2 aromatic rings. The molecule has 1 aromatic heterocycles. The van der Waals surface area contributed by atoms with Gasteiger partial charge in [0.1, 0.15) is 10.6 Å². The fourth-order valence-electron chi connectivity index (χ4n) is 4.03. The number of fused-ring (bicyclic) bond motifs is 1. The molecule has 2 aliphatic heterocycles. The van der Waals surface area contributed by atoms with E-state index in [4.69, 9.17) is 4.52 Å². The van der Waals surface area contributed by atoms with E-state index in [0.29, 0.717) is 24.5 Å². The first kappa shape index (κ1) is 16.8. The summed E-state index contributed by atoms with van der Waals surface area (Å²) in [6, 6.07) is 8.79. The minimum atomic E-state index is -3.54. The molecule has 0 bridgehead atoms. The van der Waals surface area contributed by atoms with Crippen LogP contribution in [-0.4, -0.2) is 48.5 Å². The zero-order valence-electron chi connectivity index (χ0n) is 14.6. The molecular weight excluding hydrogens is 338 g/mol. The highest BCUT2D eigenvalue weighted by Crippen LogP contribution is 2.29. The number of benzene rings is 1. The Morgan fingerprint density at radius 2 is 1.92 bits per heavy atom. The lowest BCUT2D eigenvalue weighted by Gasteiger charge is -2.33. The number of rotatable bonds is 3. The van der Waals surface area contributed by atoms with E-state index in [1.807, 2.05) is 0 Å². The highest BCUT2D eigenvalue weighted by molar-refractivity contribution is 7.89. The monoisotopic (exact) mass is 361 g/mol. The number of sulfonamides is 1. The molecule has 1 atom stereocenters. The van der Waals surface area contributed by atoms with E-state index in [1.165, 1.54) is 11.1 Å². The van der Waals surface area contributed by atoms with Gasteiger partial charge < -0.3 is 4.52 Å². The van der Waals surface area contributed by atoms with Gasteiger partial charge >= 0.3 is 0 Å². The summed E-state index contributed by atoms with van der Waals surface area (Å²) in [6.45, 7) is 6.31. The zero-order chi connectivity index (χ0) is 17.6. The lowest BCUT2D eigenvalue weighted by atomic mass is 9.98. The van der Waals surface area contributed by atoms with Crippen LogP contribution < -0.4 is 0 Å². The second kappa shape index (κ2) is 6.23. The molecule has 1 saturated heterocycles. The molecule has 4 rings (SSSR count). The predicted octanol–water partition coefficient (Wildman–Crippen LogP) is 2.11. The first-order valence-electron chi connectivity index (χ1n) is 8.70. The molecule has 3 heterocycles. The first-order valence-corrected chi connectivity index (χ1v) is 10.1. The largest absolute Gasteiger partial charge is 0.360 e. The quantitative estimate of drug-likeness (QED) is 0.838. The minimum Gasteiger partial charge on any atom is -0.360 e. The Bertz CT molecular complexity index is 871. The summed E-state index contributed by atoms with van der Waals surface area (Å²) in [5.74, 6) is 0.368. The molecule has 0 saturated carbocycles. The van der Waals surface area contributed by atoms with Crippen LogP contribution in [0, 0.1) is 13.8 Å². The SMILES string of the molecule is Cc1noc(C)c1S(=O)(=O)N1CCC(N2CCc3ccccc3C2)C1. The second-order valence-electron chi connectivity index (χ2n) is 6.95. The van der Waals surface area contributed by atoms with Crippen LogP contribution in [0.2, 0.25) is 0 Å². The molecule has 2 aliphatic rings. The highest BCUT2D eigenvalue weighted by atomic mass is 32.2. The number of hydrogen-bond donors (Lipinski definition) is 0. The van der Waals surface area contributed by atoms with Gasteiger partial charge in [0.25, 0.3) is 0 Å². The standard InChI is InChI=1S/C18H23N3O3S/c1-13-18(14(2)24-19-13)25(22,23)21-10-8-17(12-21)20-9-7-15-5-3-4-6-16(15)11-20/h3-6,17H,7-12H2,1-2H3. The van der Waals surface area contributed by atoms with Crippen LogP contribution in [0.4, 0.5) is 0 Å². The van der Waals surface area contributed by atoms with Crippen molar-refractivity contribution in [2.45, 2.75) is 44.2 Å². The maximum absolute atomic E-state index is 13.0. The molecule has 0 amide bonds. The molecule has 1 unspecified atom stereocenters. The number of hydrogen-bond acceptors (Lipinski definition) is 5. The maximum Gasteiger partial charge on any atom is 0.248 e. The molecule has 6 nitrogen and oxygen atoms in total. The van der Waals surface area contributed by atoms with Crippen LogP contribution in [0.15, 0.2) is 33.7 Å². The van der Waals surface area contributed by atoms with Crippen LogP contribution in [0.1, 0.15) is 29.0 Å². The smallest absolute Gasteiger partial charge is 0.248 e. The van der Waals surface area contributed by atoms with Gasteiger partial charge in [-0.05, 0) is 37.8 Å². The normalized spacial score (nSPS) is 22.2. The van der Waals surface area contributed by atoms with Gasteiger partial charge in [-0.1, -0.05) is 29.4 Å². The van der Waals surface area contributed by atoms with Crippen molar-refractivity contribution in [1.82, 2.24) is 14.4 Å². The maximum atomic E-state index is 13.0. The summed E-state index contributed by atoms with van der Waals surface area (Å²) < 4.78 is 32.6. The summed E-state index contributed by atoms with van der Waals surface area (Å²) in [4.78, 5) is 2.66. The highest BCUT2D eigenvalue weighted by Gasteiger charge is 2.38. The van der Waals surface area contributed by atoms with Crippen molar-refractivity contribution in [2.75, 3.05) is 19.6 Å². The fourth-order valence-corrected chi connectivity index (χ4v) is 5.81. The van der Waals surface area contributed by atoms with Crippen LogP contribution in [0.5, 0.6) is 0 Å². The summed E-state index contributed by atoms with van der Waals surface area (Å²) in [5, 5.41) is 3.80. The van der Waals surface area contributed by atoms with Crippen LogP contribution in [0.25, 0.3) is 0 Å². The van der Waals surface area contributed by atoms with E-state index >= 15 is 0 Å². The van der Waals surface area contributed by atoms with Gasteiger partial charge in [0.15, 0.2) is 5.76 Å². The van der Waals surface area contributed by atoms with E-state index in [-0.39, 0.29) is 10.9 Å². The van der Waals surface area contributed by atoms with E-state index in [0.717, 1.165) is 25.9 Å². The van der Waals surface area contributed by atoms with Gasteiger partial charge in [-0.2, -0.15) is 4.31 Å². The molecule has 7 heteroatoms. The van der Waals surface area contributed by atoms with Gasteiger partial charge in [0.2, 0.25) is 10.0 Å². The topological polar surface area (TPSA) is 66.7 Å². The van der Waals surface area contributed by atoms with Gasteiger partial charge in [0.05, 0.1) is 0 Å². The molecule has 0 N–H and O–H groups in total. The molecule has 25 heavy (non-hydrogen) atoms. The summed E-state index contributed by atoms with van der Waals surface area (Å²) in [5.41, 5.74) is 3.21. The molecule has 134 valence electrons. The van der Waals surface area contributed by atoms with E-state index in [9.17, 15) is 8.42 Å². The molecular formula is C18H23N3O3S. The zero-order valence-corrected chi connectivity index (χ0v) is 15.4. The van der Waals surface area contributed by atoms with Gasteiger partial charge in [0, 0.05) is 32.2 Å². The lowest BCUT2D eigenvalue weighted by Crippen LogP contribution is -2.41. The molecule has 0 aliphatic carbocycles. The minimum absolute atomic E-state index is 0.233. The van der Waals surface area contributed by atoms with Crippen molar-refractivity contribution < 1.29 is 12.9 Å². The number of aromatic nitrogens is 1. The van der Waals surface area contributed by atoms with Gasteiger partial charge in [-0.25, -0.2) is 8.42 Å². The fraction of sp³-hybridized carbons (Fsp3) is 0.500. The summed E-state index contributed by atoms with van der Waals surface area (Å²) in [6.07, 6.45) is 1.90. The molecule has 1 aromatic carbocycles. The average molecular weight is 361 g/mol. The Morgan fingerprint density at radius 1 is 1.16 bits per heavy atom. The Balaban J connectivity index is 1.51. The van der Waals surface area contributed by atoms with E-state index in [2.05, 4.69) is 34.3 Å². The summed E-state index contributed by atoms with van der Waals surface area (Å²) >= 11 is 0. The van der Waals surface area contributed by atoms with E-state index in [1.54, 1.807) is 18.2 Å². The van der Waals surface area contributed by atoms with E-state index < -0.39 is 10.0 Å². The van der Waals surface area contributed by atoms with Crippen molar-refractivity contribution in [3.05, 3.63) is 46.8 Å². The van der Waals surface area contributed by atoms with Crippen LogP contribution in [-0.2, 0) is 23.0 Å². The lowest BCUT2D eigenvalue weighted by molar-refractivity contribution is 0.185. The van der Waals surface area contributed by atoms with Crippen LogP contribution in [0.3, 0.4) is 0 Å². The Kier molecular flexibility index (Phi) is 4.17. The number of aryl methyl sites for hydroxylation is 2. The molecule has 0 radical (unpaired) electrons. The van der Waals surface area contributed by atoms with Crippen molar-refractivity contribution >= 4 is 10.0 Å².